The van der Waals surface area contributed by atoms with Crippen molar-refractivity contribution < 1.29 is 24.3 Å². The van der Waals surface area contributed by atoms with Gasteiger partial charge in [-0.25, -0.2) is 0 Å². The molecular formula is C25H26N3O5-. The molecule has 1 fully saturated rings. The molecule has 8 nitrogen and oxygen atoms in total. The molecule has 0 spiro atoms. The number of anilines is 1. The van der Waals surface area contributed by atoms with Crippen LogP contribution in [0.25, 0.3) is 11.1 Å². The van der Waals surface area contributed by atoms with E-state index >= 15 is 0 Å². The molecule has 2 aromatic rings. The van der Waals surface area contributed by atoms with Crippen molar-refractivity contribution in [2.24, 2.45) is 5.41 Å². The summed E-state index contributed by atoms with van der Waals surface area (Å²) in [6.07, 6.45) is -0.218. The van der Waals surface area contributed by atoms with Gasteiger partial charge < -0.3 is 25.0 Å². The number of nitrogens with one attached hydrogen (secondary N) is 1. The van der Waals surface area contributed by atoms with Crippen LogP contribution in [0, 0.1) is 5.41 Å². The molecule has 0 bridgehead atoms. The summed E-state index contributed by atoms with van der Waals surface area (Å²) in [5.41, 5.74) is 1.95. The molecule has 3 amide bonds. The fourth-order valence-electron chi connectivity index (χ4n) is 4.46. The van der Waals surface area contributed by atoms with Crippen LogP contribution in [-0.2, 0) is 14.4 Å². The van der Waals surface area contributed by atoms with Crippen LogP contribution in [0.4, 0.5) is 5.69 Å². The van der Waals surface area contributed by atoms with E-state index in [1.807, 2.05) is 36.4 Å². The molecule has 1 saturated heterocycles. The van der Waals surface area contributed by atoms with Gasteiger partial charge in [0.1, 0.15) is 6.04 Å². The molecule has 4 rings (SSSR count). The predicted octanol–water partition coefficient (Wildman–Crippen LogP) is 1.51. The number of benzene rings is 2. The quantitative estimate of drug-likeness (QED) is 0.746. The minimum absolute atomic E-state index is 0.0178. The van der Waals surface area contributed by atoms with Crippen molar-refractivity contribution >= 4 is 29.4 Å². The summed E-state index contributed by atoms with van der Waals surface area (Å²) in [5.74, 6) is -2.05. The van der Waals surface area contributed by atoms with Gasteiger partial charge in [0.25, 0.3) is 5.91 Å². The molecule has 33 heavy (non-hydrogen) atoms. The third-order valence-electron chi connectivity index (χ3n) is 6.16. The Morgan fingerprint density at radius 1 is 1.03 bits per heavy atom. The Kier molecular flexibility index (Phi) is 5.93. The number of hydrogen-bond acceptors (Lipinski definition) is 5. The van der Waals surface area contributed by atoms with E-state index in [-0.39, 0.29) is 50.2 Å². The summed E-state index contributed by atoms with van der Waals surface area (Å²) < 4.78 is 0. The fourth-order valence-corrected chi connectivity index (χ4v) is 4.46. The van der Waals surface area contributed by atoms with Crippen LogP contribution in [-0.4, -0.2) is 59.2 Å². The molecule has 0 aromatic heterocycles. The van der Waals surface area contributed by atoms with Crippen LogP contribution in [0.5, 0.6) is 0 Å². The van der Waals surface area contributed by atoms with Gasteiger partial charge >= 0.3 is 0 Å². The molecule has 172 valence electrons. The van der Waals surface area contributed by atoms with Crippen LogP contribution in [0.1, 0.15) is 37.0 Å². The first-order valence-corrected chi connectivity index (χ1v) is 10.9. The molecule has 1 N–H and O–H groups in total. The molecule has 2 heterocycles. The standard InChI is InChI=1S/C25H27N3O5/c1-25(2,14-22(30)31)13-21(29)27-10-11-28-20(15-27)23(32)26-19-9-8-17(12-18(19)24(28)33)16-6-4-3-5-7-16/h3-9,12,20H,10-11,13-15H2,1-2H3,(H,26,32)(H,30,31)/p-1/t20-/m0/s1. The van der Waals surface area contributed by atoms with Gasteiger partial charge in [-0.2, -0.15) is 0 Å². The fraction of sp³-hybridized carbons (Fsp3) is 0.360. The lowest BCUT2D eigenvalue weighted by molar-refractivity contribution is -0.307. The van der Waals surface area contributed by atoms with Crippen molar-refractivity contribution in [3.63, 3.8) is 0 Å². The Bertz CT molecular complexity index is 1110. The second kappa shape index (κ2) is 8.69. The van der Waals surface area contributed by atoms with Crippen molar-refractivity contribution in [2.45, 2.75) is 32.7 Å². The van der Waals surface area contributed by atoms with Crippen LogP contribution in [0.2, 0.25) is 0 Å². The van der Waals surface area contributed by atoms with Crippen molar-refractivity contribution in [2.75, 3.05) is 25.0 Å². The van der Waals surface area contributed by atoms with Crippen LogP contribution >= 0.6 is 0 Å². The highest BCUT2D eigenvalue weighted by atomic mass is 16.4. The van der Waals surface area contributed by atoms with Gasteiger partial charge in [-0.1, -0.05) is 50.2 Å². The number of carboxylic acids is 1. The average Bonchev–Trinajstić information content (AvgIpc) is 2.87. The van der Waals surface area contributed by atoms with Gasteiger partial charge in [0.15, 0.2) is 0 Å². The van der Waals surface area contributed by atoms with Crippen molar-refractivity contribution in [1.29, 1.82) is 0 Å². The first-order chi connectivity index (χ1) is 15.6. The lowest BCUT2D eigenvalue weighted by Crippen LogP contribution is -2.59. The molecule has 2 aromatic carbocycles. The maximum Gasteiger partial charge on any atom is 0.256 e. The third kappa shape index (κ3) is 4.74. The summed E-state index contributed by atoms with van der Waals surface area (Å²) in [4.78, 5) is 53.2. The Hall–Kier alpha value is -3.68. The Morgan fingerprint density at radius 3 is 2.45 bits per heavy atom. The number of carboxylic acid groups (broad SMARTS) is 1. The molecular weight excluding hydrogens is 422 g/mol. The molecule has 8 heteroatoms. The van der Waals surface area contributed by atoms with Gasteiger partial charge in [0.05, 0.1) is 17.8 Å². The number of amides is 3. The third-order valence-corrected chi connectivity index (χ3v) is 6.16. The van der Waals surface area contributed by atoms with E-state index < -0.39 is 17.4 Å². The van der Waals surface area contributed by atoms with E-state index in [2.05, 4.69) is 5.32 Å². The summed E-state index contributed by atoms with van der Waals surface area (Å²) in [5, 5.41) is 13.8. The Morgan fingerprint density at radius 2 is 1.76 bits per heavy atom. The zero-order valence-electron chi connectivity index (χ0n) is 18.7. The van der Waals surface area contributed by atoms with E-state index in [1.165, 1.54) is 9.80 Å². The smallest absolute Gasteiger partial charge is 0.256 e. The van der Waals surface area contributed by atoms with Crippen molar-refractivity contribution in [3.8, 4) is 11.1 Å². The lowest BCUT2D eigenvalue weighted by atomic mass is 9.85. The van der Waals surface area contributed by atoms with Gasteiger partial charge in [-0.05, 0) is 35.1 Å². The highest BCUT2D eigenvalue weighted by Crippen LogP contribution is 2.31. The maximum atomic E-state index is 13.4. The SMILES string of the molecule is CC(C)(CC(=O)[O-])CC(=O)N1CCN2C(=O)c3cc(-c4ccccc4)ccc3NC(=O)[C@@H]2C1. The topological polar surface area (TPSA) is 110 Å². The largest absolute Gasteiger partial charge is 0.550 e. The lowest BCUT2D eigenvalue weighted by Gasteiger charge is -2.40. The van der Waals surface area contributed by atoms with Crippen LogP contribution in [0.15, 0.2) is 48.5 Å². The molecule has 2 aliphatic heterocycles. The molecule has 2 aliphatic rings. The number of fused-ring (bicyclic) bond motifs is 2. The van der Waals surface area contributed by atoms with Crippen molar-refractivity contribution in [1.82, 2.24) is 9.80 Å². The second-order valence-electron chi connectivity index (χ2n) is 9.36. The summed E-state index contributed by atoms with van der Waals surface area (Å²) in [6, 6.07) is 14.2. The number of carbonyl (C=O) groups excluding carboxylic acids is 4. The second-order valence-corrected chi connectivity index (χ2v) is 9.36. The number of rotatable bonds is 5. The van der Waals surface area contributed by atoms with E-state index in [0.29, 0.717) is 11.3 Å². The minimum atomic E-state index is -1.21. The van der Waals surface area contributed by atoms with Gasteiger partial charge in [0.2, 0.25) is 11.8 Å². The Labute approximate surface area is 192 Å². The zero-order valence-corrected chi connectivity index (χ0v) is 18.7. The van der Waals surface area contributed by atoms with Gasteiger partial charge in [-0.3, -0.25) is 14.4 Å². The number of aliphatic carboxylic acids is 1. The van der Waals surface area contributed by atoms with E-state index in [0.717, 1.165) is 11.1 Å². The Balaban J connectivity index is 1.54. The van der Waals surface area contributed by atoms with E-state index in [9.17, 15) is 24.3 Å². The number of piperazine rings is 1. The molecule has 0 saturated carbocycles. The maximum absolute atomic E-state index is 13.4. The average molecular weight is 448 g/mol. The van der Waals surface area contributed by atoms with Crippen molar-refractivity contribution in [3.05, 3.63) is 54.1 Å². The van der Waals surface area contributed by atoms with E-state index in [4.69, 9.17) is 0 Å². The summed E-state index contributed by atoms with van der Waals surface area (Å²) in [7, 11) is 0. The molecule has 0 aliphatic carbocycles. The van der Waals surface area contributed by atoms with Crippen LogP contribution in [0.3, 0.4) is 0 Å². The van der Waals surface area contributed by atoms with Gasteiger partial charge in [0, 0.05) is 25.5 Å². The first-order valence-electron chi connectivity index (χ1n) is 10.9. The van der Waals surface area contributed by atoms with E-state index in [1.54, 1.807) is 26.0 Å². The van der Waals surface area contributed by atoms with Gasteiger partial charge in [-0.15, -0.1) is 0 Å². The number of carbonyl (C=O) groups is 4. The normalized spacial score (nSPS) is 18.2. The predicted molar refractivity (Wildman–Crippen MR) is 120 cm³/mol. The zero-order chi connectivity index (χ0) is 23.8. The summed E-state index contributed by atoms with van der Waals surface area (Å²) in [6.45, 7) is 3.96. The highest BCUT2D eigenvalue weighted by Gasteiger charge is 2.41. The number of nitrogens with zero attached hydrogens (tertiary/aromatic N) is 2. The number of hydrogen-bond donors (Lipinski definition) is 1. The molecule has 0 radical (unpaired) electrons. The first kappa shape index (κ1) is 22.5. The highest BCUT2D eigenvalue weighted by molar-refractivity contribution is 6.10. The minimum Gasteiger partial charge on any atom is -0.550 e. The monoisotopic (exact) mass is 448 g/mol. The molecule has 1 atom stereocenters. The van der Waals surface area contributed by atoms with Crippen LogP contribution < -0.4 is 10.4 Å². The summed E-state index contributed by atoms with van der Waals surface area (Å²) >= 11 is 0. The molecule has 0 unspecified atom stereocenters.